The number of nitrogen functional groups attached to an aromatic ring is 1. The summed E-state index contributed by atoms with van der Waals surface area (Å²) in [6.45, 7) is 2.22. The minimum Gasteiger partial charge on any atom is -0.462 e. The van der Waals surface area contributed by atoms with Crippen molar-refractivity contribution in [3.8, 4) is 0 Å². The Labute approximate surface area is 106 Å². The number of carbonyl (C=O) groups is 1. The highest BCUT2D eigenvalue weighted by Gasteiger charge is 2.25. The maximum Gasteiger partial charge on any atom is 0.341 e. The molecule has 1 saturated carbocycles. The first kappa shape index (κ1) is 12.4. The number of thiophene rings is 1. The Morgan fingerprint density at radius 1 is 1.47 bits per heavy atom. The number of anilines is 1. The Morgan fingerprint density at radius 3 is 2.82 bits per heavy atom. The van der Waals surface area contributed by atoms with Crippen molar-refractivity contribution in [1.29, 1.82) is 0 Å². The molecule has 0 unspecified atom stereocenters. The summed E-state index contributed by atoms with van der Waals surface area (Å²) in [7, 11) is 0. The quantitative estimate of drug-likeness (QED) is 0.838. The zero-order chi connectivity index (χ0) is 12.3. The number of esters is 1. The van der Waals surface area contributed by atoms with Gasteiger partial charge in [-0.3, -0.25) is 0 Å². The average molecular weight is 253 g/mol. The van der Waals surface area contributed by atoms with Gasteiger partial charge in [-0.25, -0.2) is 4.79 Å². The molecule has 1 aliphatic rings. The maximum atomic E-state index is 11.9. The molecule has 17 heavy (non-hydrogen) atoms. The van der Waals surface area contributed by atoms with E-state index in [-0.39, 0.29) is 5.97 Å². The smallest absolute Gasteiger partial charge is 0.341 e. The Kier molecular flexibility index (Phi) is 4.05. The van der Waals surface area contributed by atoms with Crippen molar-refractivity contribution in [3.05, 3.63) is 16.5 Å². The summed E-state index contributed by atoms with van der Waals surface area (Å²) < 4.78 is 5.09. The predicted molar refractivity (Wildman–Crippen MR) is 70.5 cm³/mol. The van der Waals surface area contributed by atoms with E-state index in [0.29, 0.717) is 23.1 Å². The Balaban J connectivity index is 2.24. The van der Waals surface area contributed by atoms with Crippen LogP contribution in [0.2, 0.25) is 0 Å². The molecule has 0 bridgehead atoms. The van der Waals surface area contributed by atoms with Gasteiger partial charge in [0.15, 0.2) is 0 Å². The first-order chi connectivity index (χ1) is 8.24. The third-order valence-corrected chi connectivity index (χ3v) is 4.20. The summed E-state index contributed by atoms with van der Waals surface area (Å²) in [6.07, 6.45) is 6.15. The molecule has 2 rings (SSSR count). The van der Waals surface area contributed by atoms with Crippen LogP contribution >= 0.6 is 11.3 Å². The first-order valence-electron chi connectivity index (χ1n) is 6.28. The predicted octanol–water partition coefficient (Wildman–Crippen LogP) is 3.55. The van der Waals surface area contributed by atoms with Crippen molar-refractivity contribution in [3.63, 3.8) is 0 Å². The van der Waals surface area contributed by atoms with Crippen LogP contribution in [0.15, 0.2) is 5.38 Å². The van der Waals surface area contributed by atoms with Gasteiger partial charge < -0.3 is 10.5 Å². The van der Waals surface area contributed by atoms with E-state index in [4.69, 9.17) is 10.5 Å². The van der Waals surface area contributed by atoms with Crippen LogP contribution in [-0.2, 0) is 4.74 Å². The van der Waals surface area contributed by atoms with Crippen molar-refractivity contribution < 1.29 is 9.53 Å². The number of hydrogen-bond donors (Lipinski definition) is 1. The van der Waals surface area contributed by atoms with Gasteiger partial charge in [0.2, 0.25) is 0 Å². The van der Waals surface area contributed by atoms with E-state index in [0.717, 1.165) is 5.56 Å². The number of hydrogen-bond acceptors (Lipinski definition) is 4. The molecule has 0 spiro atoms. The normalized spacial score (nSPS) is 17.0. The molecule has 0 radical (unpaired) electrons. The molecule has 0 saturated heterocycles. The molecule has 94 valence electrons. The lowest BCUT2D eigenvalue weighted by Crippen LogP contribution is -2.12. The highest BCUT2D eigenvalue weighted by molar-refractivity contribution is 7.14. The topological polar surface area (TPSA) is 52.3 Å². The minimum absolute atomic E-state index is 0.258. The first-order valence-corrected chi connectivity index (χ1v) is 7.16. The van der Waals surface area contributed by atoms with Crippen molar-refractivity contribution in [2.24, 2.45) is 0 Å². The van der Waals surface area contributed by atoms with Crippen molar-refractivity contribution in [2.45, 2.75) is 44.9 Å². The van der Waals surface area contributed by atoms with Crippen LogP contribution in [0.4, 0.5) is 5.00 Å². The third-order valence-electron chi connectivity index (χ3n) is 3.37. The van der Waals surface area contributed by atoms with Gasteiger partial charge in [-0.05, 0) is 36.6 Å². The van der Waals surface area contributed by atoms with Crippen molar-refractivity contribution in [1.82, 2.24) is 0 Å². The molecule has 0 aliphatic heterocycles. The van der Waals surface area contributed by atoms with E-state index < -0.39 is 0 Å². The number of ether oxygens (including phenoxy) is 1. The molecule has 1 aromatic rings. The van der Waals surface area contributed by atoms with Gasteiger partial charge in [0.25, 0.3) is 0 Å². The number of carbonyl (C=O) groups excluding carboxylic acids is 1. The van der Waals surface area contributed by atoms with E-state index in [1.165, 1.54) is 43.4 Å². The SMILES string of the molecule is CCOC(=O)c1c(C2CCCCC2)csc1N. The van der Waals surface area contributed by atoms with Crippen LogP contribution < -0.4 is 5.73 Å². The fourth-order valence-electron chi connectivity index (χ4n) is 2.52. The molecule has 1 fully saturated rings. The van der Waals surface area contributed by atoms with Gasteiger partial charge in [0.1, 0.15) is 5.00 Å². The van der Waals surface area contributed by atoms with Crippen LogP contribution in [0, 0.1) is 0 Å². The molecule has 1 heterocycles. The maximum absolute atomic E-state index is 11.9. The molecular weight excluding hydrogens is 234 g/mol. The molecule has 4 heteroatoms. The molecule has 0 amide bonds. The molecular formula is C13H19NO2S. The second kappa shape index (κ2) is 5.54. The van der Waals surface area contributed by atoms with Crippen LogP contribution in [0.25, 0.3) is 0 Å². The van der Waals surface area contributed by atoms with Gasteiger partial charge in [0, 0.05) is 0 Å². The second-order valence-corrected chi connectivity index (χ2v) is 5.40. The molecule has 0 aromatic carbocycles. The largest absolute Gasteiger partial charge is 0.462 e. The van der Waals surface area contributed by atoms with Gasteiger partial charge in [-0.1, -0.05) is 19.3 Å². The Morgan fingerprint density at radius 2 is 2.18 bits per heavy atom. The molecule has 1 aromatic heterocycles. The molecule has 1 aliphatic carbocycles. The Hall–Kier alpha value is -1.03. The summed E-state index contributed by atoms with van der Waals surface area (Å²) in [5.41, 5.74) is 7.64. The standard InChI is InChI=1S/C13H19NO2S/c1-2-16-13(15)11-10(8-17-12(11)14)9-6-4-3-5-7-9/h8-9H,2-7,14H2,1H3. The minimum atomic E-state index is -0.258. The zero-order valence-electron chi connectivity index (χ0n) is 10.2. The second-order valence-electron chi connectivity index (χ2n) is 4.49. The fourth-order valence-corrected chi connectivity index (χ4v) is 3.41. The number of rotatable bonds is 3. The lowest BCUT2D eigenvalue weighted by molar-refractivity contribution is 0.0526. The van der Waals surface area contributed by atoms with Gasteiger partial charge in [-0.15, -0.1) is 11.3 Å². The summed E-state index contributed by atoms with van der Waals surface area (Å²) in [5, 5.41) is 2.64. The average Bonchev–Trinajstić information content (AvgIpc) is 2.73. The van der Waals surface area contributed by atoms with Gasteiger partial charge in [0.05, 0.1) is 12.2 Å². The monoisotopic (exact) mass is 253 g/mol. The lowest BCUT2D eigenvalue weighted by atomic mass is 9.83. The van der Waals surface area contributed by atoms with Crippen LogP contribution in [0.1, 0.15) is 60.9 Å². The van der Waals surface area contributed by atoms with E-state index in [2.05, 4.69) is 0 Å². The lowest BCUT2D eigenvalue weighted by Gasteiger charge is -2.21. The zero-order valence-corrected chi connectivity index (χ0v) is 11.0. The van der Waals surface area contributed by atoms with Crippen LogP contribution in [0.5, 0.6) is 0 Å². The fraction of sp³-hybridized carbons (Fsp3) is 0.615. The van der Waals surface area contributed by atoms with Crippen molar-refractivity contribution in [2.75, 3.05) is 12.3 Å². The van der Waals surface area contributed by atoms with E-state index in [1.807, 2.05) is 12.3 Å². The van der Waals surface area contributed by atoms with E-state index >= 15 is 0 Å². The summed E-state index contributed by atoms with van der Waals surface area (Å²) in [6, 6.07) is 0. The van der Waals surface area contributed by atoms with Crippen LogP contribution in [0.3, 0.4) is 0 Å². The van der Waals surface area contributed by atoms with E-state index in [9.17, 15) is 4.79 Å². The Bertz CT molecular complexity index is 394. The van der Waals surface area contributed by atoms with Crippen LogP contribution in [-0.4, -0.2) is 12.6 Å². The van der Waals surface area contributed by atoms with Gasteiger partial charge in [-0.2, -0.15) is 0 Å². The van der Waals surface area contributed by atoms with E-state index in [1.54, 1.807) is 0 Å². The molecule has 0 atom stereocenters. The summed E-state index contributed by atoms with van der Waals surface area (Å²) in [5.74, 6) is 0.239. The van der Waals surface area contributed by atoms with Gasteiger partial charge >= 0.3 is 5.97 Å². The summed E-state index contributed by atoms with van der Waals surface area (Å²) in [4.78, 5) is 11.9. The highest BCUT2D eigenvalue weighted by Crippen LogP contribution is 2.39. The number of nitrogens with two attached hydrogens (primary N) is 1. The van der Waals surface area contributed by atoms with Crippen molar-refractivity contribution >= 4 is 22.3 Å². The highest BCUT2D eigenvalue weighted by atomic mass is 32.1. The summed E-state index contributed by atoms with van der Waals surface area (Å²) >= 11 is 1.46. The molecule has 2 N–H and O–H groups in total. The third kappa shape index (κ3) is 2.63. The molecule has 3 nitrogen and oxygen atoms in total.